The summed E-state index contributed by atoms with van der Waals surface area (Å²) in [6.45, 7) is 10.1. The molecule has 0 spiro atoms. The Kier molecular flexibility index (Phi) is 5.90. The van der Waals surface area contributed by atoms with Crippen molar-refractivity contribution in [3.63, 3.8) is 0 Å². The topological polar surface area (TPSA) is 44.3 Å². The lowest BCUT2D eigenvalue weighted by atomic mass is 10.0. The molecule has 1 N–H and O–H groups in total. The molecular weight excluding hydrogens is 366 g/mol. The van der Waals surface area contributed by atoms with E-state index in [2.05, 4.69) is 71.0 Å². The van der Waals surface area contributed by atoms with Crippen LogP contribution >= 0.6 is 11.3 Å². The van der Waals surface area contributed by atoms with Gasteiger partial charge in [-0.05, 0) is 36.5 Å². The first-order valence-electron chi connectivity index (χ1n) is 10.1. The zero-order valence-electron chi connectivity index (χ0n) is 16.9. The molecule has 28 heavy (non-hydrogen) atoms. The van der Waals surface area contributed by atoms with Crippen LogP contribution in [0.2, 0.25) is 0 Å². The highest BCUT2D eigenvalue weighted by Crippen LogP contribution is 2.26. The lowest BCUT2D eigenvalue weighted by molar-refractivity contribution is 0.0944. The van der Waals surface area contributed by atoms with E-state index in [9.17, 15) is 0 Å². The van der Waals surface area contributed by atoms with Crippen LogP contribution in [0.3, 0.4) is 0 Å². The van der Waals surface area contributed by atoms with Crippen molar-refractivity contribution >= 4 is 28.1 Å². The number of likely N-dealkylation sites (N-methyl/N-ethyl adjacent to an activating group) is 1. The second kappa shape index (κ2) is 8.55. The van der Waals surface area contributed by atoms with Gasteiger partial charge in [-0.1, -0.05) is 26.0 Å². The average Bonchev–Trinajstić information content (AvgIpc) is 3.24. The van der Waals surface area contributed by atoms with Crippen LogP contribution in [0.15, 0.2) is 41.1 Å². The number of nitrogens with one attached hydrogen (secondary N) is 1. The Morgan fingerprint density at radius 1 is 1.07 bits per heavy atom. The molecule has 1 aromatic carbocycles. The summed E-state index contributed by atoms with van der Waals surface area (Å²) in [5.74, 6) is 2.31. The van der Waals surface area contributed by atoms with Crippen molar-refractivity contribution in [2.45, 2.75) is 19.9 Å². The summed E-state index contributed by atoms with van der Waals surface area (Å²) in [6, 6.07) is 10.8. The van der Waals surface area contributed by atoms with Gasteiger partial charge in [0.1, 0.15) is 5.82 Å². The first-order chi connectivity index (χ1) is 13.6. The van der Waals surface area contributed by atoms with E-state index in [1.807, 2.05) is 6.07 Å². The Labute approximate surface area is 171 Å². The van der Waals surface area contributed by atoms with E-state index in [1.165, 1.54) is 0 Å². The highest BCUT2D eigenvalue weighted by Gasteiger charge is 2.25. The van der Waals surface area contributed by atoms with Gasteiger partial charge < -0.3 is 10.2 Å². The fourth-order valence-corrected chi connectivity index (χ4v) is 4.51. The zero-order valence-corrected chi connectivity index (χ0v) is 17.7. The predicted octanol–water partition coefficient (Wildman–Crippen LogP) is 4.04. The van der Waals surface area contributed by atoms with Crippen molar-refractivity contribution in [1.82, 2.24) is 19.8 Å². The normalized spacial score (nSPS) is 17.3. The monoisotopic (exact) mass is 395 g/mol. The molecule has 5 nitrogen and oxygen atoms in total. The second-order valence-corrected chi connectivity index (χ2v) is 8.74. The lowest BCUT2D eigenvalue weighted by Gasteiger charge is -2.40. The number of thiophene rings is 1. The van der Waals surface area contributed by atoms with Crippen molar-refractivity contribution in [1.29, 1.82) is 0 Å². The van der Waals surface area contributed by atoms with E-state index < -0.39 is 0 Å². The Balaban J connectivity index is 1.59. The Hall–Kier alpha value is -2.02. The average molecular weight is 396 g/mol. The first kappa shape index (κ1) is 19.3. The Bertz CT molecular complexity index is 900. The molecule has 0 saturated carbocycles. The quantitative estimate of drug-likeness (QED) is 0.682. The molecule has 148 valence electrons. The highest BCUT2D eigenvalue weighted by atomic mass is 32.1. The minimum absolute atomic E-state index is 0.493. The minimum Gasteiger partial charge on any atom is -0.368 e. The summed E-state index contributed by atoms with van der Waals surface area (Å²) in [7, 11) is 2.21. The number of benzene rings is 1. The molecule has 0 bridgehead atoms. The number of para-hydroxylation sites is 1. The predicted molar refractivity (Wildman–Crippen MR) is 119 cm³/mol. The van der Waals surface area contributed by atoms with Crippen LogP contribution in [0.5, 0.6) is 0 Å². The minimum atomic E-state index is 0.493. The molecule has 1 saturated heterocycles. The fraction of sp³-hybridized carbons (Fsp3) is 0.455. The molecule has 1 aliphatic rings. The van der Waals surface area contributed by atoms with Crippen LogP contribution in [0.4, 0.5) is 5.82 Å². The van der Waals surface area contributed by atoms with Gasteiger partial charge in [0.15, 0.2) is 5.82 Å². The molecular formula is C22H29N5S. The molecule has 0 aliphatic carbocycles. The molecule has 1 aliphatic heterocycles. The van der Waals surface area contributed by atoms with Crippen molar-refractivity contribution in [2.24, 2.45) is 5.92 Å². The summed E-state index contributed by atoms with van der Waals surface area (Å²) < 4.78 is 0. The second-order valence-electron chi connectivity index (χ2n) is 7.96. The zero-order chi connectivity index (χ0) is 19.5. The third kappa shape index (κ3) is 4.19. The molecule has 2 aromatic heterocycles. The van der Waals surface area contributed by atoms with E-state index in [0.29, 0.717) is 12.0 Å². The molecule has 0 radical (unpaired) electrons. The molecule has 0 amide bonds. The summed E-state index contributed by atoms with van der Waals surface area (Å²) >= 11 is 1.68. The van der Waals surface area contributed by atoms with E-state index in [-0.39, 0.29) is 0 Å². The van der Waals surface area contributed by atoms with Crippen molar-refractivity contribution < 1.29 is 0 Å². The Morgan fingerprint density at radius 2 is 1.86 bits per heavy atom. The number of rotatable bonds is 6. The summed E-state index contributed by atoms with van der Waals surface area (Å²) in [4.78, 5) is 14.7. The van der Waals surface area contributed by atoms with Gasteiger partial charge in [0.2, 0.25) is 0 Å². The van der Waals surface area contributed by atoms with Gasteiger partial charge in [-0.3, -0.25) is 4.90 Å². The van der Waals surface area contributed by atoms with E-state index in [0.717, 1.165) is 60.8 Å². The summed E-state index contributed by atoms with van der Waals surface area (Å²) in [5.41, 5.74) is 2.07. The smallest absolute Gasteiger partial charge is 0.162 e. The summed E-state index contributed by atoms with van der Waals surface area (Å²) in [6.07, 6.45) is 0. The van der Waals surface area contributed by atoms with Crippen molar-refractivity contribution in [3.8, 4) is 11.4 Å². The van der Waals surface area contributed by atoms with Gasteiger partial charge in [0.25, 0.3) is 0 Å². The standard InChI is InChI=1S/C22H29N5S/c1-16(2)20(27-11-9-26(3)10-12-27)14-23-22-18-6-4-5-7-19(18)24-21(25-22)17-8-13-28-15-17/h4-8,13,15-16,20H,9-12,14H2,1-3H3,(H,23,24,25)/t20-/m1/s1. The number of piperazine rings is 1. The number of anilines is 1. The van der Waals surface area contributed by atoms with Gasteiger partial charge in [0, 0.05) is 55.1 Å². The number of hydrogen-bond donors (Lipinski definition) is 1. The van der Waals surface area contributed by atoms with Crippen LogP contribution in [-0.4, -0.2) is 65.6 Å². The van der Waals surface area contributed by atoms with Gasteiger partial charge in [-0.2, -0.15) is 11.3 Å². The molecule has 0 unspecified atom stereocenters. The lowest BCUT2D eigenvalue weighted by Crippen LogP contribution is -2.52. The maximum absolute atomic E-state index is 4.89. The molecule has 3 aromatic rings. The molecule has 1 fully saturated rings. The maximum atomic E-state index is 4.89. The third-order valence-corrected chi connectivity index (χ3v) is 6.32. The summed E-state index contributed by atoms with van der Waals surface area (Å²) in [5, 5.41) is 8.94. The largest absolute Gasteiger partial charge is 0.368 e. The highest BCUT2D eigenvalue weighted by molar-refractivity contribution is 7.08. The number of fused-ring (bicyclic) bond motifs is 1. The SMILES string of the molecule is CC(C)[C@@H](CNc1nc(-c2ccsc2)nc2ccccc12)N1CCN(C)CC1. The van der Waals surface area contributed by atoms with Crippen LogP contribution in [0.1, 0.15) is 13.8 Å². The number of aromatic nitrogens is 2. The van der Waals surface area contributed by atoms with E-state index in [4.69, 9.17) is 9.97 Å². The van der Waals surface area contributed by atoms with Gasteiger partial charge in [0.05, 0.1) is 5.52 Å². The van der Waals surface area contributed by atoms with Crippen LogP contribution in [-0.2, 0) is 0 Å². The fourth-order valence-electron chi connectivity index (χ4n) is 3.87. The van der Waals surface area contributed by atoms with Crippen molar-refractivity contribution in [2.75, 3.05) is 45.1 Å². The number of nitrogens with zero attached hydrogens (tertiary/aromatic N) is 4. The van der Waals surface area contributed by atoms with E-state index in [1.54, 1.807) is 11.3 Å². The first-order valence-corrected chi connectivity index (χ1v) is 11.0. The molecule has 6 heteroatoms. The number of hydrogen-bond acceptors (Lipinski definition) is 6. The molecule has 4 rings (SSSR count). The molecule has 3 heterocycles. The molecule has 1 atom stereocenters. The van der Waals surface area contributed by atoms with Gasteiger partial charge in [-0.15, -0.1) is 0 Å². The van der Waals surface area contributed by atoms with Crippen LogP contribution in [0, 0.1) is 5.92 Å². The Morgan fingerprint density at radius 3 is 2.57 bits per heavy atom. The van der Waals surface area contributed by atoms with Gasteiger partial charge >= 0.3 is 0 Å². The van der Waals surface area contributed by atoms with Crippen molar-refractivity contribution in [3.05, 3.63) is 41.1 Å². The van der Waals surface area contributed by atoms with E-state index >= 15 is 0 Å². The maximum Gasteiger partial charge on any atom is 0.162 e. The third-order valence-electron chi connectivity index (χ3n) is 5.64. The van der Waals surface area contributed by atoms with Crippen LogP contribution < -0.4 is 5.32 Å². The van der Waals surface area contributed by atoms with Gasteiger partial charge in [-0.25, -0.2) is 9.97 Å². The van der Waals surface area contributed by atoms with Crippen LogP contribution in [0.25, 0.3) is 22.3 Å².